The van der Waals surface area contributed by atoms with Crippen LogP contribution in [0.3, 0.4) is 0 Å². The van der Waals surface area contributed by atoms with Gasteiger partial charge < -0.3 is 15.8 Å². The highest BCUT2D eigenvalue weighted by atomic mass is 16.5. The van der Waals surface area contributed by atoms with E-state index in [9.17, 15) is 9.59 Å². The Bertz CT molecular complexity index is 548. The van der Waals surface area contributed by atoms with Crippen LogP contribution in [0.4, 0.5) is 11.5 Å². The Kier molecular flexibility index (Phi) is 5.82. The third kappa shape index (κ3) is 3.63. The summed E-state index contributed by atoms with van der Waals surface area (Å²) in [5.74, 6) is 0.419. The van der Waals surface area contributed by atoms with E-state index in [0.717, 1.165) is 6.42 Å². The van der Waals surface area contributed by atoms with Crippen LogP contribution in [0, 0.1) is 5.92 Å². The highest BCUT2D eigenvalue weighted by molar-refractivity contribution is 5.61. The summed E-state index contributed by atoms with van der Waals surface area (Å²) in [6, 6.07) is -0.0593. The normalized spacial score (nSPS) is 12.7. The maximum absolute atomic E-state index is 11.9. The van der Waals surface area contributed by atoms with E-state index in [0.29, 0.717) is 13.2 Å². The van der Waals surface area contributed by atoms with Crippen LogP contribution in [0.1, 0.15) is 27.2 Å². The predicted octanol–water partition coefficient (Wildman–Crippen LogP) is 0.612. The van der Waals surface area contributed by atoms with Gasteiger partial charge in [0.25, 0.3) is 5.56 Å². The van der Waals surface area contributed by atoms with Crippen molar-refractivity contribution in [1.29, 1.82) is 0 Å². The van der Waals surface area contributed by atoms with Crippen molar-refractivity contribution in [3.63, 3.8) is 0 Å². The van der Waals surface area contributed by atoms with Gasteiger partial charge in [-0.15, -0.1) is 0 Å². The molecule has 7 heteroatoms. The number of anilines is 2. The number of ether oxygens (including phenoxy) is 1. The molecular formula is C13H24N4O3. The van der Waals surface area contributed by atoms with Gasteiger partial charge in [0.05, 0.1) is 12.6 Å². The Hall–Kier alpha value is -1.76. The van der Waals surface area contributed by atoms with Crippen LogP contribution in [0.25, 0.3) is 0 Å². The van der Waals surface area contributed by atoms with E-state index < -0.39 is 11.2 Å². The average molecular weight is 284 g/mol. The third-order valence-corrected chi connectivity index (χ3v) is 3.17. The van der Waals surface area contributed by atoms with Gasteiger partial charge in [0.15, 0.2) is 0 Å². The molecule has 0 radical (unpaired) electrons. The molecule has 1 aromatic rings. The highest BCUT2D eigenvalue weighted by Gasteiger charge is 2.18. The van der Waals surface area contributed by atoms with Gasteiger partial charge in [-0.2, -0.15) is 0 Å². The first-order valence-electron chi connectivity index (χ1n) is 6.80. The van der Waals surface area contributed by atoms with E-state index in [2.05, 4.69) is 10.3 Å². The van der Waals surface area contributed by atoms with Crippen LogP contribution in [0.5, 0.6) is 0 Å². The predicted molar refractivity (Wildman–Crippen MR) is 80.2 cm³/mol. The number of H-pyrrole nitrogens is 1. The molecule has 0 aliphatic rings. The lowest BCUT2D eigenvalue weighted by atomic mass is 10.1. The van der Waals surface area contributed by atoms with E-state index in [1.165, 1.54) is 4.57 Å². The number of hydrogen-bond donors (Lipinski definition) is 3. The molecule has 0 saturated heterocycles. The molecule has 0 aliphatic carbocycles. The SMILES string of the molecule is CCCn1c(N)c(NC(COC)C(C)C)c(=O)[nH]c1=O. The largest absolute Gasteiger partial charge is 0.383 e. The van der Waals surface area contributed by atoms with Gasteiger partial charge in [0.1, 0.15) is 11.5 Å². The van der Waals surface area contributed by atoms with Gasteiger partial charge in [0, 0.05) is 13.7 Å². The summed E-state index contributed by atoms with van der Waals surface area (Å²) in [4.78, 5) is 25.9. The summed E-state index contributed by atoms with van der Waals surface area (Å²) in [6.07, 6.45) is 0.751. The van der Waals surface area contributed by atoms with E-state index in [4.69, 9.17) is 10.5 Å². The Balaban J connectivity index is 3.20. The van der Waals surface area contributed by atoms with E-state index in [1.54, 1.807) is 7.11 Å². The van der Waals surface area contributed by atoms with Crippen molar-refractivity contribution >= 4 is 11.5 Å². The zero-order valence-electron chi connectivity index (χ0n) is 12.5. The maximum Gasteiger partial charge on any atom is 0.330 e. The van der Waals surface area contributed by atoms with Gasteiger partial charge in [-0.1, -0.05) is 20.8 Å². The minimum atomic E-state index is -0.499. The molecule has 1 rings (SSSR count). The summed E-state index contributed by atoms with van der Waals surface area (Å²) in [6.45, 7) is 6.88. The van der Waals surface area contributed by atoms with Crippen molar-refractivity contribution < 1.29 is 4.74 Å². The molecule has 1 atom stereocenters. The van der Waals surface area contributed by atoms with Crippen molar-refractivity contribution in [1.82, 2.24) is 9.55 Å². The number of methoxy groups -OCH3 is 1. The summed E-state index contributed by atoms with van der Waals surface area (Å²) >= 11 is 0. The number of nitrogens with two attached hydrogens (primary N) is 1. The molecule has 0 aliphatic heterocycles. The number of rotatable bonds is 7. The number of nitrogens with one attached hydrogen (secondary N) is 2. The monoisotopic (exact) mass is 284 g/mol. The molecular weight excluding hydrogens is 260 g/mol. The van der Waals surface area contributed by atoms with Crippen molar-refractivity contribution in [2.75, 3.05) is 24.8 Å². The van der Waals surface area contributed by atoms with Crippen molar-refractivity contribution in [3.8, 4) is 0 Å². The Labute approximate surface area is 118 Å². The summed E-state index contributed by atoms with van der Waals surface area (Å²) < 4.78 is 6.50. The van der Waals surface area contributed by atoms with E-state index in [-0.39, 0.29) is 23.5 Å². The fourth-order valence-corrected chi connectivity index (χ4v) is 1.94. The quantitative estimate of drug-likeness (QED) is 0.681. The Morgan fingerprint density at radius 3 is 2.55 bits per heavy atom. The molecule has 4 N–H and O–H groups in total. The van der Waals surface area contributed by atoms with Gasteiger partial charge >= 0.3 is 5.69 Å². The molecule has 0 fully saturated rings. The highest BCUT2D eigenvalue weighted by Crippen LogP contribution is 2.15. The lowest BCUT2D eigenvalue weighted by molar-refractivity contribution is 0.171. The van der Waals surface area contributed by atoms with Gasteiger partial charge in [-0.25, -0.2) is 4.79 Å². The van der Waals surface area contributed by atoms with Crippen molar-refractivity contribution in [2.45, 2.75) is 39.8 Å². The molecule has 114 valence electrons. The molecule has 1 unspecified atom stereocenters. The second-order valence-corrected chi connectivity index (χ2v) is 5.12. The van der Waals surface area contributed by atoms with Crippen LogP contribution in [-0.2, 0) is 11.3 Å². The number of hydrogen-bond acceptors (Lipinski definition) is 5. The molecule has 20 heavy (non-hydrogen) atoms. The first-order valence-corrected chi connectivity index (χ1v) is 6.80. The standard InChI is InChI=1S/C13H24N4O3/c1-5-6-17-11(14)10(12(18)16-13(17)19)15-9(7-20-4)8(2)3/h8-9,15H,5-7,14H2,1-4H3,(H,16,18,19). The topological polar surface area (TPSA) is 102 Å². The fourth-order valence-electron chi connectivity index (χ4n) is 1.94. The molecule has 0 aromatic carbocycles. The molecule has 1 aromatic heterocycles. The average Bonchev–Trinajstić information content (AvgIpc) is 2.37. The van der Waals surface area contributed by atoms with Gasteiger partial charge in [-0.3, -0.25) is 14.3 Å². The molecule has 0 amide bonds. The Morgan fingerprint density at radius 1 is 1.40 bits per heavy atom. The van der Waals surface area contributed by atoms with Crippen LogP contribution in [-0.4, -0.2) is 29.3 Å². The minimum Gasteiger partial charge on any atom is -0.383 e. The number of aromatic nitrogens is 2. The molecule has 0 saturated carbocycles. The second kappa shape index (κ2) is 7.14. The lowest BCUT2D eigenvalue weighted by Crippen LogP contribution is -2.38. The van der Waals surface area contributed by atoms with Gasteiger partial charge in [0.2, 0.25) is 0 Å². The third-order valence-electron chi connectivity index (χ3n) is 3.17. The maximum atomic E-state index is 11.9. The van der Waals surface area contributed by atoms with Crippen LogP contribution >= 0.6 is 0 Å². The van der Waals surface area contributed by atoms with Crippen LogP contribution in [0.2, 0.25) is 0 Å². The smallest absolute Gasteiger partial charge is 0.330 e. The van der Waals surface area contributed by atoms with Crippen molar-refractivity contribution in [2.24, 2.45) is 5.92 Å². The number of aromatic amines is 1. The first-order chi connectivity index (χ1) is 9.42. The number of nitrogen functional groups attached to an aromatic ring is 1. The van der Waals surface area contributed by atoms with Crippen molar-refractivity contribution in [3.05, 3.63) is 20.8 Å². The summed E-state index contributed by atoms with van der Waals surface area (Å²) in [5.41, 5.74) is 5.21. The molecule has 0 spiro atoms. The van der Waals surface area contributed by atoms with Crippen LogP contribution in [0.15, 0.2) is 9.59 Å². The Morgan fingerprint density at radius 2 is 2.05 bits per heavy atom. The summed E-state index contributed by atoms with van der Waals surface area (Å²) in [7, 11) is 1.60. The van der Waals surface area contributed by atoms with Crippen LogP contribution < -0.4 is 22.3 Å². The van der Waals surface area contributed by atoms with E-state index in [1.807, 2.05) is 20.8 Å². The van der Waals surface area contributed by atoms with E-state index >= 15 is 0 Å². The fraction of sp³-hybridized carbons (Fsp3) is 0.692. The molecule has 0 bridgehead atoms. The molecule has 7 nitrogen and oxygen atoms in total. The number of nitrogens with zero attached hydrogens (tertiary/aromatic N) is 1. The first kappa shape index (κ1) is 16.3. The van der Waals surface area contributed by atoms with Gasteiger partial charge in [-0.05, 0) is 12.3 Å². The second-order valence-electron chi connectivity index (χ2n) is 5.12. The zero-order valence-corrected chi connectivity index (χ0v) is 12.5. The summed E-state index contributed by atoms with van der Waals surface area (Å²) in [5, 5.41) is 3.09. The lowest BCUT2D eigenvalue weighted by Gasteiger charge is -2.23. The minimum absolute atomic E-state index is 0.0593. The zero-order chi connectivity index (χ0) is 15.3. The molecule has 1 heterocycles.